The van der Waals surface area contributed by atoms with Gasteiger partial charge in [0.05, 0.1) is 0 Å². The Balaban J connectivity index is 0.00000300. The number of hydrogen-bond donors (Lipinski definition) is 3. The van der Waals surface area contributed by atoms with Crippen LogP contribution in [0.4, 0.5) is 10.1 Å². The van der Waals surface area contributed by atoms with E-state index >= 15 is 0 Å². The molecule has 29 heavy (non-hydrogen) atoms. The highest BCUT2D eigenvalue weighted by molar-refractivity contribution is 14.0. The van der Waals surface area contributed by atoms with Crippen molar-refractivity contribution in [2.75, 3.05) is 31.2 Å². The van der Waals surface area contributed by atoms with Crippen LogP contribution in [-0.4, -0.2) is 37.8 Å². The van der Waals surface area contributed by atoms with Gasteiger partial charge in [-0.15, -0.1) is 35.7 Å². The van der Waals surface area contributed by atoms with Gasteiger partial charge in [-0.1, -0.05) is 18.2 Å². The number of para-hydroxylation sites is 1. The zero-order valence-corrected chi connectivity index (χ0v) is 19.4. The van der Waals surface area contributed by atoms with E-state index in [9.17, 15) is 9.18 Å². The Morgan fingerprint density at radius 1 is 1.21 bits per heavy atom. The molecule has 1 amide bonds. The molecular formula is C21H26FIN4OS. The topological polar surface area (TPSA) is 65.5 Å². The molecule has 0 aromatic heterocycles. The summed E-state index contributed by atoms with van der Waals surface area (Å²) in [5.74, 6) is 1.63. The summed E-state index contributed by atoms with van der Waals surface area (Å²) in [6, 6.07) is 14.5. The maximum Gasteiger partial charge on any atom is 0.225 e. The smallest absolute Gasteiger partial charge is 0.225 e. The SMILES string of the molecule is CN=C(NCCCSc1ccc(F)cc1)NCC1CC(=O)Nc2ccccc21.I. The average molecular weight is 528 g/mol. The number of hydrogen-bond acceptors (Lipinski definition) is 3. The third-order valence-electron chi connectivity index (χ3n) is 4.54. The summed E-state index contributed by atoms with van der Waals surface area (Å²) in [5, 5.41) is 9.55. The van der Waals surface area contributed by atoms with Crippen LogP contribution in [0, 0.1) is 5.82 Å². The number of halogens is 2. The fourth-order valence-corrected chi connectivity index (χ4v) is 3.98. The summed E-state index contributed by atoms with van der Waals surface area (Å²) in [6.07, 6.45) is 1.42. The maximum absolute atomic E-state index is 12.9. The van der Waals surface area contributed by atoms with Crippen LogP contribution >= 0.6 is 35.7 Å². The zero-order valence-electron chi connectivity index (χ0n) is 16.3. The lowest BCUT2D eigenvalue weighted by molar-refractivity contribution is -0.116. The minimum Gasteiger partial charge on any atom is -0.356 e. The van der Waals surface area contributed by atoms with Crippen LogP contribution in [0.25, 0.3) is 0 Å². The molecule has 2 aromatic rings. The van der Waals surface area contributed by atoms with E-state index in [0.29, 0.717) is 13.0 Å². The normalized spacial score (nSPS) is 15.7. The Morgan fingerprint density at radius 2 is 1.97 bits per heavy atom. The Morgan fingerprint density at radius 3 is 2.72 bits per heavy atom. The first kappa shape index (κ1) is 23.5. The first-order valence-electron chi connectivity index (χ1n) is 9.37. The molecule has 156 valence electrons. The fraction of sp³-hybridized carbons (Fsp3) is 0.333. The number of carbonyl (C=O) groups excluding carboxylic acids is 1. The van der Waals surface area contributed by atoms with Gasteiger partial charge in [0.2, 0.25) is 5.91 Å². The van der Waals surface area contributed by atoms with E-state index in [-0.39, 0.29) is 41.6 Å². The molecule has 2 aromatic carbocycles. The minimum absolute atomic E-state index is 0. The van der Waals surface area contributed by atoms with Crippen LogP contribution in [0.5, 0.6) is 0 Å². The van der Waals surface area contributed by atoms with Gasteiger partial charge in [-0.25, -0.2) is 4.39 Å². The van der Waals surface area contributed by atoms with Crippen LogP contribution in [-0.2, 0) is 4.79 Å². The third kappa shape index (κ3) is 7.18. The van der Waals surface area contributed by atoms with Crippen LogP contribution in [0.3, 0.4) is 0 Å². The molecule has 0 bridgehead atoms. The quantitative estimate of drug-likeness (QED) is 0.166. The number of fused-ring (bicyclic) bond motifs is 1. The predicted octanol–water partition coefficient (Wildman–Crippen LogP) is 4.22. The molecule has 0 radical (unpaired) electrons. The predicted molar refractivity (Wildman–Crippen MR) is 129 cm³/mol. The number of thioether (sulfide) groups is 1. The summed E-state index contributed by atoms with van der Waals surface area (Å²) >= 11 is 1.71. The van der Waals surface area contributed by atoms with E-state index in [1.165, 1.54) is 12.1 Å². The molecule has 1 atom stereocenters. The maximum atomic E-state index is 12.9. The number of nitrogens with one attached hydrogen (secondary N) is 3. The van der Waals surface area contributed by atoms with Crippen molar-refractivity contribution in [2.45, 2.75) is 23.7 Å². The van der Waals surface area contributed by atoms with E-state index in [4.69, 9.17) is 0 Å². The molecule has 1 heterocycles. The molecule has 0 fully saturated rings. The third-order valence-corrected chi connectivity index (χ3v) is 5.64. The first-order chi connectivity index (χ1) is 13.7. The number of guanidine groups is 1. The number of amides is 1. The molecule has 0 saturated carbocycles. The molecule has 1 unspecified atom stereocenters. The first-order valence-corrected chi connectivity index (χ1v) is 10.4. The Kier molecular flexibility index (Phi) is 9.72. The highest BCUT2D eigenvalue weighted by Gasteiger charge is 2.24. The van der Waals surface area contributed by atoms with Gasteiger partial charge in [0, 0.05) is 43.1 Å². The van der Waals surface area contributed by atoms with Crippen molar-refractivity contribution in [1.82, 2.24) is 10.6 Å². The second-order valence-corrected chi connectivity index (χ2v) is 7.74. The lowest BCUT2D eigenvalue weighted by Crippen LogP contribution is -2.41. The Bertz CT molecular complexity index is 832. The molecule has 5 nitrogen and oxygen atoms in total. The number of carbonyl (C=O) groups is 1. The monoisotopic (exact) mass is 528 g/mol. The van der Waals surface area contributed by atoms with Crippen LogP contribution in [0.15, 0.2) is 58.4 Å². The van der Waals surface area contributed by atoms with Gasteiger partial charge < -0.3 is 16.0 Å². The Labute approximate surface area is 192 Å². The minimum atomic E-state index is -0.209. The van der Waals surface area contributed by atoms with Crippen molar-refractivity contribution in [2.24, 2.45) is 4.99 Å². The Hall–Kier alpha value is -1.81. The number of aliphatic imine (C=N–C) groups is 1. The highest BCUT2D eigenvalue weighted by Crippen LogP contribution is 2.31. The van der Waals surface area contributed by atoms with E-state index in [1.807, 2.05) is 18.2 Å². The summed E-state index contributed by atoms with van der Waals surface area (Å²) in [4.78, 5) is 17.2. The summed E-state index contributed by atoms with van der Waals surface area (Å²) in [5.41, 5.74) is 2.05. The van der Waals surface area contributed by atoms with Gasteiger partial charge >= 0.3 is 0 Å². The summed E-state index contributed by atoms with van der Waals surface area (Å²) in [6.45, 7) is 1.43. The molecule has 3 N–H and O–H groups in total. The fourth-order valence-electron chi connectivity index (χ4n) is 3.12. The second kappa shape index (κ2) is 12.0. The van der Waals surface area contributed by atoms with Crippen LogP contribution in [0.2, 0.25) is 0 Å². The van der Waals surface area contributed by atoms with E-state index in [0.717, 1.165) is 40.8 Å². The summed E-state index contributed by atoms with van der Waals surface area (Å²) in [7, 11) is 1.74. The van der Waals surface area contributed by atoms with Gasteiger partial charge in [0.25, 0.3) is 0 Å². The molecule has 0 aliphatic carbocycles. The molecule has 8 heteroatoms. The van der Waals surface area contributed by atoms with Crippen LogP contribution in [0.1, 0.15) is 24.3 Å². The number of benzene rings is 2. The van der Waals surface area contributed by atoms with E-state index < -0.39 is 0 Å². The van der Waals surface area contributed by atoms with Gasteiger partial charge in [0.1, 0.15) is 5.82 Å². The number of nitrogens with zero attached hydrogens (tertiary/aromatic N) is 1. The molecule has 1 aliphatic rings. The molecule has 3 rings (SSSR count). The zero-order chi connectivity index (χ0) is 19.8. The van der Waals surface area contributed by atoms with Gasteiger partial charge in [-0.05, 0) is 48.1 Å². The highest BCUT2D eigenvalue weighted by atomic mass is 127. The van der Waals surface area contributed by atoms with Gasteiger partial charge in [-0.2, -0.15) is 0 Å². The van der Waals surface area contributed by atoms with E-state index in [2.05, 4.69) is 27.0 Å². The molecular weight excluding hydrogens is 502 g/mol. The lowest BCUT2D eigenvalue weighted by atomic mass is 9.90. The molecule has 0 saturated heterocycles. The summed E-state index contributed by atoms with van der Waals surface area (Å²) < 4.78 is 12.9. The van der Waals surface area contributed by atoms with Crippen molar-refractivity contribution in [1.29, 1.82) is 0 Å². The van der Waals surface area contributed by atoms with Gasteiger partial charge in [-0.3, -0.25) is 9.79 Å². The number of anilines is 1. The van der Waals surface area contributed by atoms with Gasteiger partial charge in [0.15, 0.2) is 5.96 Å². The number of rotatable bonds is 7. The van der Waals surface area contributed by atoms with E-state index in [1.54, 1.807) is 30.9 Å². The largest absolute Gasteiger partial charge is 0.356 e. The van der Waals surface area contributed by atoms with Crippen LogP contribution < -0.4 is 16.0 Å². The van der Waals surface area contributed by atoms with Crippen molar-refractivity contribution < 1.29 is 9.18 Å². The van der Waals surface area contributed by atoms with Crippen molar-refractivity contribution >= 4 is 53.3 Å². The lowest BCUT2D eigenvalue weighted by Gasteiger charge is -2.26. The van der Waals surface area contributed by atoms with Crippen molar-refractivity contribution in [3.8, 4) is 0 Å². The standard InChI is InChI=1S/C21H25FN4OS.HI/c1-23-21(24-11-4-12-28-17-9-7-16(22)8-10-17)25-14-15-13-20(27)26-19-6-3-2-5-18(15)19;/h2-3,5-10,15H,4,11-14H2,1H3,(H,26,27)(H2,23,24,25);1H. The molecule has 0 spiro atoms. The average Bonchev–Trinajstić information content (AvgIpc) is 2.71. The van der Waals surface area contributed by atoms with Crippen molar-refractivity contribution in [3.63, 3.8) is 0 Å². The van der Waals surface area contributed by atoms with Crippen molar-refractivity contribution in [3.05, 3.63) is 59.9 Å². The molecule has 1 aliphatic heterocycles. The second-order valence-electron chi connectivity index (χ2n) is 6.57.